The van der Waals surface area contributed by atoms with Gasteiger partial charge in [0.15, 0.2) is 6.79 Å². The molecule has 1 aromatic rings. The van der Waals surface area contributed by atoms with Gasteiger partial charge in [-0.1, -0.05) is 0 Å². The Hall–Kier alpha value is -1.76. The molecule has 0 spiro atoms. The van der Waals surface area contributed by atoms with E-state index in [0.29, 0.717) is 0 Å². The first-order valence-electron chi connectivity index (χ1n) is 4.44. The molecule has 4 nitrogen and oxygen atoms in total. The number of hydrogen-bond donors (Lipinski definition) is 0. The fraction of sp³-hybridized carbons (Fsp3) is 0.300. The Morgan fingerprint density at radius 3 is 2.29 bits per heavy atom. The third-order valence-corrected chi connectivity index (χ3v) is 1.63. The molecule has 0 aliphatic heterocycles. The molecule has 17 heavy (non-hydrogen) atoms. The van der Waals surface area contributed by atoms with Crippen LogP contribution in [-0.2, 0) is 9.47 Å². The summed E-state index contributed by atoms with van der Waals surface area (Å²) in [5.74, 6) is -1.09. The first-order chi connectivity index (χ1) is 7.92. The van der Waals surface area contributed by atoms with Crippen molar-refractivity contribution < 1.29 is 32.2 Å². The minimum absolute atomic E-state index is 0.108. The van der Waals surface area contributed by atoms with Crippen LogP contribution >= 0.6 is 0 Å². The van der Waals surface area contributed by atoms with Crippen molar-refractivity contribution in [2.75, 3.05) is 13.9 Å². The zero-order valence-corrected chi connectivity index (χ0v) is 8.78. The number of carbonyl (C=O) groups excluding carboxylic acids is 1. The van der Waals surface area contributed by atoms with Crippen LogP contribution in [0.2, 0.25) is 0 Å². The third-order valence-electron chi connectivity index (χ3n) is 1.63. The number of benzene rings is 1. The van der Waals surface area contributed by atoms with Gasteiger partial charge in [0.05, 0.1) is 5.56 Å². The van der Waals surface area contributed by atoms with Crippen molar-refractivity contribution in [3.05, 3.63) is 29.8 Å². The van der Waals surface area contributed by atoms with Gasteiger partial charge in [-0.15, -0.1) is 13.2 Å². The zero-order valence-electron chi connectivity index (χ0n) is 8.78. The van der Waals surface area contributed by atoms with Crippen LogP contribution in [0.1, 0.15) is 10.4 Å². The summed E-state index contributed by atoms with van der Waals surface area (Å²) in [5, 5.41) is 0. The monoisotopic (exact) mass is 250 g/mol. The summed E-state index contributed by atoms with van der Waals surface area (Å²) in [6.45, 7) is -0.223. The molecular formula is C10H9F3O4. The van der Waals surface area contributed by atoms with Crippen molar-refractivity contribution in [1.29, 1.82) is 0 Å². The number of carbonyl (C=O) groups is 1. The molecule has 7 heteroatoms. The summed E-state index contributed by atoms with van der Waals surface area (Å²) in [7, 11) is 1.34. The lowest BCUT2D eigenvalue weighted by molar-refractivity contribution is -0.274. The predicted octanol–water partition coefficient (Wildman–Crippen LogP) is 2.35. The lowest BCUT2D eigenvalue weighted by atomic mass is 10.2. The van der Waals surface area contributed by atoms with Crippen LogP contribution in [0.3, 0.4) is 0 Å². The van der Waals surface area contributed by atoms with E-state index in [4.69, 9.17) is 0 Å². The van der Waals surface area contributed by atoms with Crippen molar-refractivity contribution in [2.45, 2.75) is 6.36 Å². The molecule has 94 valence electrons. The van der Waals surface area contributed by atoms with E-state index in [-0.39, 0.29) is 12.4 Å². The van der Waals surface area contributed by atoms with E-state index in [0.717, 1.165) is 12.1 Å². The van der Waals surface area contributed by atoms with Crippen molar-refractivity contribution in [1.82, 2.24) is 0 Å². The molecule has 0 amide bonds. The maximum absolute atomic E-state index is 11.8. The van der Waals surface area contributed by atoms with Gasteiger partial charge in [0.25, 0.3) is 0 Å². The highest BCUT2D eigenvalue weighted by Crippen LogP contribution is 2.22. The predicted molar refractivity (Wildman–Crippen MR) is 50.4 cm³/mol. The van der Waals surface area contributed by atoms with Gasteiger partial charge in [-0.05, 0) is 24.3 Å². The number of methoxy groups -OCH3 is 1. The number of esters is 1. The van der Waals surface area contributed by atoms with Gasteiger partial charge in [0, 0.05) is 7.11 Å². The van der Waals surface area contributed by atoms with E-state index < -0.39 is 18.1 Å². The fourth-order valence-corrected chi connectivity index (χ4v) is 0.988. The minimum atomic E-state index is -4.75. The summed E-state index contributed by atoms with van der Waals surface area (Å²) >= 11 is 0. The molecule has 0 saturated heterocycles. The molecular weight excluding hydrogens is 241 g/mol. The Kier molecular flexibility index (Phi) is 4.33. The van der Waals surface area contributed by atoms with Gasteiger partial charge in [-0.3, -0.25) is 0 Å². The molecule has 0 fully saturated rings. The standard InChI is InChI=1S/C10H9F3O4/c1-15-6-16-9(14)7-2-4-8(5-3-7)17-10(11,12)13/h2-5H,6H2,1H3. The SMILES string of the molecule is COCOC(=O)c1ccc(OC(F)(F)F)cc1. The summed E-state index contributed by atoms with van der Waals surface area (Å²) in [6, 6.07) is 4.38. The average molecular weight is 250 g/mol. The molecule has 0 aliphatic carbocycles. The molecule has 0 bridgehead atoms. The van der Waals surface area contributed by atoms with Crippen molar-refractivity contribution >= 4 is 5.97 Å². The van der Waals surface area contributed by atoms with E-state index >= 15 is 0 Å². The number of rotatable bonds is 4. The van der Waals surface area contributed by atoms with E-state index in [2.05, 4.69) is 14.2 Å². The first-order valence-corrected chi connectivity index (χ1v) is 4.44. The van der Waals surface area contributed by atoms with Crippen LogP contribution in [0.4, 0.5) is 13.2 Å². The van der Waals surface area contributed by atoms with E-state index in [1.807, 2.05) is 0 Å². The Morgan fingerprint density at radius 2 is 1.82 bits per heavy atom. The van der Waals surface area contributed by atoms with Gasteiger partial charge in [-0.25, -0.2) is 4.79 Å². The summed E-state index contributed by atoms with van der Waals surface area (Å²) in [5.41, 5.74) is 0.108. The van der Waals surface area contributed by atoms with Crippen LogP contribution in [-0.4, -0.2) is 26.2 Å². The maximum Gasteiger partial charge on any atom is 0.573 e. The van der Waals surface area contributed by atoms with Crippen LogP contribution in [0.5, 0.6) is 5.75 Å². The van der Waals surface area contributed by atoms with Crippen LogP contribution in [0.25, 0.3) is 0 Å². The minimum Gasteiger partial charge on any atom is -0.435 e. The summed E-state index contributed by atoms with van der Waals surface area (Å²) < 4.78 is 48.3. The van der Waals surface area contributed by atoms with Crippen LogP contribution in [0.15, 0.2) is 24.3 Å². The molecule has 1 aromatic carbocycles. The fourth-order valence-electron chi connectivity index (χ4n) is 0.988. The Bertz CT molecular complexity index is 372. The lowest BCUT2D eigenvalue weighted by Gasteiger charge is -2.09. The average Bonchev–Trinajstić information content (AvgIpc) is 2.24. The second-order valence-corrected chi connectivity index (χ2v) is 2.91. The van der Waals surface area contributed by atoms with Gasteiger partial charge in [0.1, 0.15) is 5.75 Å². The van der Waals surface area contributed by atoms with Gasteiger partial charge in [0.2, 0.25) is 0 Å². The van der Waals surface area contributed by atoms with Crippen molar-refractivity contribution in [3.8, 4) is 5.75 Å². The molecule has 0 heterocycles. The molecule has 0 aliphatic rings. The van der Waals surface area contributed by atoms with E-state index in [9.17, 15) is 18.0 Å². The summed E-state index contributed by atoms with van der Waals surface area (Å²) in [4.78, 5) is 11.2. The number of hydrogen-bond acceptors (Lipinski definition) is 4. The van der Waals surface area contributed by atoms with Crippen molar-refractivity contribution in [2.24, 2.45) is 0 Å². The molecule has 0 atom stereocenters. The highest BCUT2D eigenvalue weighted by atomic mass is 19.4. The largest absolute Gasteiger partial charge is 0.573 e. The van der Waals surface area contributed by atoms with E-state index in [1.54, 1.807) is 0 Å². The van der Waals surface area contributed by atoms with Gasteiger partial charge in [-0.2, -0.15) is 0 Å². The van der Waals surface area contributed by atoms with Crippen molar-refractivity contribution in [3.63, 3.8) is 0 Å². The van der Waals surface area contributed by atoms with Gasteiger partial charge < -0.3 is 14.2 Å². The van der Waals surface area contributed by atoms with Gasteiger partial charge >= 0.3 is 12.3 Å². The number of ether oxygens (including phenoxy) is 3. The topological polar surface area (TPSA) is 44.8 Å². The quantitative estimate of drug-likeness (QED) is 0.607. The third kappa shape index (κ3) is 4.73. The zero-order chi connectivity index (χ0) is 12.9. The molecule has 0 saturated carbocycles. The Labute approximate surface area is 94.9 Å². The first kappa shape index (κ1) is 13.3. The second kappa shape index (κ2) is 5.53. The molecule has 0 radical (unpaired) electrons. The smallest absolute Gasteiger partial charge is 0.435 e. The molecule has 1 rings (SSSR count). The highest BCUT2D eigenvalue weighted by molar-refractivity contribution is 5.89. The van der Waals surface area contributed by atoms with Crippen LogP contribution in [0, 0.1) is 0 Å². The number of halogens is 3. The highest BCUT2D eigenvalue weighted by Gasteiger charge is 2.31. The molecule has 0 unspecified atom stereocenters. The Balaban J connectivity index is 2.64. The molecule has 0 N–H and O–H groups in total. The second-order valence-electron chi connectivity index (χ2n) is 2.91. The molecule has 0 aromatic heterocycles. The normalized spacial score (nSPS) is 11.1. The summed E-state index contributed by atoms with van der Waals surface area (Å²) in [6.07, 6.45) is -4.75. The maximum atomic E-state index is 11.8. The number of alkyl halides is 3. The van der Waals surface area contributed by atoms with E-state index in [1.165, 1.54) is 19.2 Å². The van der Waals surface area contributed by atoms with Crippen LogP contribution < -0.4 is 4.74 Å². The Morgan fingerprint density at radius 1 is 1.24 bits per heavy atom. The lowest BCUT2D eigenvalue weighted by Crippen LogP contribution is -2.17.